The molecule has 1 amide bonds. The Bertz CT molecular complexity index is 1400. The van der Waals surface area contributed by atoms with E-state index < -0.39 is 0 Å². The van der Waals surface area contributed by atoms with Crippen molar-refractivity contribution in [3.8, 4) is 22.4 Å². The van der Waals surface area contributed by atoms with Gasteiger partial charge in [0.25, 0.3) is 0 Å². The third kappa shape index (κ3) is 2.91. The van der Waals surface area contributed by atoms with E-state index in [1.807, 2.05) is 31.3 Å². The highest BCUT2D eigenvalue weighted by Crippen LogP contribution is 2.47. The largest absolute Gasteiger partial charge is 0.365 e. The van der Waals surface area contributed by atoms with E-state index in [0.29, 0.717) is 5.92 Å². The molecule has 0 bridgehead atoms. The molecule has 1 saturated carbocycles. The summed E-state index contributed by atoms with van der Waals surface area (Å²) in [4.78, 5) is 20.8. The number of aryl methyl sites for hydroxylation is 1. The molecule has 6 heteroatoms. The molecule has 6 rings (SSSR count). The Morgan fingerprint density at radius 1 is 1.19 bits per heavy atom. The van der Waals surface area contributed by atoms with Gasteiger partial charge >= 0.3 is 0 Å². The molecule has 0 unspecified atom stereocenters. The zero-order valence-electron chi connectivity index (χ0n) is 17.9. The molecule has 1 aliphatic heterocycles. The predicted octanol–water partition coefficient (Wildman–Crippen LogP) is 5.23. The number of hydrogen-bond acceptors (Lipinski definition) is 4. The predicted molar refractivity (Wildman–Crippen MR) is 128 cm³/mol. The van der Waals surface area contributed by atoms with Gasteiger partial charge in [-0.25, -0.2) is 9.97 Å². The van der Waals surface area contributed by atoms with Crippen molar-refractivity contribution in [3.63, 3.8) is 0 Å². The van der Waals surface area contributed by atoms with Crippen LogP contribution < -0.4 is 10.6 Å². The van der Waals surface area contributed by atoms with Crippen molar-refractivity contribution in [1.82, 2.24) is 14.5 Å². The fourth-order valence-electron chi connectivity index (χ4n) is 4.75. The second-order valence-electron chi connectivity index (χ2n) is 8.52. The number of amides is 1. The first kappa shape index (κ1) is 18.8. The summed E-state index contributed by atoms with van der Waals surface area (Å²) in [6.07, 6.45) is 5.46. The van der Waals surface area contributed by atoms with E-state index in [1.165, 1.54) is 35.6 Å². The molecule has 0 radical (unpaired) electrons. The number of benzene rings is 2. The molecule has 0 saturated heterocycles. The van der Waals surface area contributed by atoms with Crippen molar-refractivity contribution in [1.29, 1.82) is 0 Å². The van der Waals surface area contributed by atoms with E-state index in [1.54, 1.807) is 6.33 Å². The zero-order valence-corrected chi connectivity index (χ0v) is 17.9. The Balaban J connectivity index is 1.56. The normalized spacial score (nSPS) is 14.4. The third-order valence-electron chi connectivity index (χ3n) is 6.47. The number of fused-ring (bicyclic) bond motifs is 2. The second-order valence-corrected chi connectivity index (χ2v) is 8.52. The number of rotatable bonds is 4. The summed E-state index contributed by atoms with van der Waals surface area (Å²) < 4.78 is 2.14. The quantitative estimate of drug-likeness (QED) is 0.443. The van der Waals surface area contributed by atoms with Gasteiger partial charge in [0.2, 0.25) is 5.91 Å². The lowest BCUT2D eigenvalue weighted by molar-refractivity contribution is -0.111. The Labute approximate surface area is 186 Å². The van der Waals surface area contributed by atoms with E-state index in [-0.39, 0.29) is 5.91 Å². The van der Waals surface area contributed by atoms with E-state index in [2.05, 4.69) is 49.9 Å². The molecular weight excluding hydrogens is 398 g/mol. The molecule has 4 aromatic rings. The summed E-state index contributed by atoms with van der Waals surface area (Å²) in [6, 6.07) is 14.8. The standard InChI is InChI=1S/C26H23N5O/c1-3-21(32)30-19-9-6-16(7-10-19)24-22-20-11-8-17(15-4-5-15)12-18(20)13-27-25-23(22)26(31(24)2)29-14-28-25/h3,6-12,14-15H,1,4-5,13H2,2H3,(H,30,32)(H,27,28,29). The molecule has 2 aromatic heterocycles. The lowest BCUT2D eigenvalue weighted by Gasteiger charge is -2.13. The maximum atomic E-state index is 11.7. The van der Waals surface area contributed by atoms with Gasteiger partial charge in [-0.15, -0.1) is 0 Å². The van der Waals surface area contributed by atoms with Crippen LogP contribution in [-0.2, 0) is 18.4 Å². The smallest absolute Gasteiger partial charge is 0.247 e. The zero-order chi connectivity index (χ0) is 21.8. The van der Waals surface area contributed by atoms with Crippen LogP contribution in [0.1, 0.15) is 29.9 Å². The van der Waals surface area contributed by atoms with Crippen LogP contribution in [0.15, 0.2) is 61.4 Å². The van der Waals surface area contributed by atoms with Crippen molar-refractivity contribution in [2.75, 3.05) is 10.6 Å². The highest BCUT2D eigenvalue weighted by molar-refractivity contribution is 6.09. The lowest BCUT2D eigenvalue weighted by atomic mass is 9.93. The second kappa shape index (κ2) is 7.05. The summed E-state index contributed by atoms with van der Waals surface area (Å²) >= 11 is 0. The van der Waals surface area contributed by atoms with Crippen molar-refractivity contribution < 1.29 is 4.79 Å². The molecule has 0 atom stereocenters. The van der Waals surface area contributed by atoms with Crippen LogP contribution in [-0.4, -0.2) is 20.4 Å². The minimum atomic E-state index is -0.222. The Morgan fingerprint density at radius 2 is 2.00 bits per heavy atom. The molecule has 3 heterocycles. The summed E-state index contributed by atoms with van der Waals surface area (Å²) in [5.74, 6) is 1.35. The minimum absolute atomic E-state index is 0.222. The molecule has 2 aliphatic rings. The molecule has 0 spiro atoms. The van der Waals surface area contributed by atoms with Crippen LogP contribution >= 0.6 is 0 Å². The number of anilines is 2. The van der Waals surface area contributed by atoms with Crippen molar-refractivity contribution in [3.05, 3.63) is 72.6 Å². The molecule has 158 valence electrons. The average Bonchev–Trinajstić information content (AvgIpc) is 3.64. The number of hydrogen-bond donors (Lipinski definition) is 2. The maximum absolute atomic E-state index is 11.7. The van der Waals surface area contributed by atoms with Gasteiger partial charge in [-0.3, -0.25) is 4.79 Å². The average molecular weight is 422 g/mol. The molecular formula is C26H23N5O. The van der Waals surface area contributed by atoms with Gasteiger partial charge in [0.1, 0.15) is 17.8 Å². The van der Waals surface area contributed by atoms with Crippen molar-refractivity contribution in [2.24, 2.45) is 7.05 Å². The molecule has 2 aromatic carbocycles. The van der Waals surface area contributed by atoms with Gasteiger partial charge < -0.3 is 15.2 Å². The molecule has 32 heavy (non-hydrogen) atoms. The summed E-state index contributed by atoms with van der Waals surface area (Å²) in [5.41, 5.74) is 8.88. The fourth-order valence-corrected chi connectivity index (χ4v) is 4.75. The Hall–Kier alpha value is -3.93. The monoisotopic (exact) mass is 421 g/mol. The topological polar surface area (TPSA) is 71.8 Å². The van der Waals surface area contributed by atoms with Crippen molar-refractivity contribution in [2.45, 2.75) is 25.3 Å². The Morgan fingerprint density at radius 3 is 2.75 bits per heavy atom. The van der Waals surface area contributed by atoms with Crippen molar-refractivity contribution >= 4 is 28.4 Å². The van der Waals surface area contributed by atoms with Crippen LogP contribution in [0.25, 0.3) is 33.4 Å². The third-order valence-corrected chi connectivity index (χ3v) is 6.47. The van der Waals surface area contributed by atoms with E-state index >= 15 is 0 Å². The summed E-state index contributed by atoms with van der Waals surface area (Å²) in [7, 11) is 2.05. The SMILES string of the molecule is C=CC(=O)Nc1ccc(-c2c3c4c(ncnc4n2C)NCc2cc(C4CC4)ccc2-3)cc1. The number of nitrogens with zero attached hydrogens (tertiary/aromatic N) is 3. The number of carbonyl (C=O) groups is 1. The van der Waals surface area contributed by atoms with Gasteiger partial charge in [0, 0.05) is 24.8 Å². The van der Waals surface area contributed by atoms with Gasteiger partial charge in [0.15, 0.2) is 0 Å². The lowest BCUT2D eigenvalue weighted by Crippen LogP contribution is -2.07. The van der Waals surface area contributed by atoms with Gasteiger partial charge in [-0.2, -0.15) is 0 Å². The highest BCUT2D eigenvalue weighted by Gasteiger charge is 2.28. The van der Waals surface area contributed by atoms with Crippen LogP contribution in [0, 0.1) is 0 Å². The molecule has 1 aliphatic carbocycles. The van der Waals surface area contributed by atoms with Crippen LogP contribution in [0.2, 0.25) is 0 Å². The first-order valence-electron chi connectivity index (χ1n) is 10.9. The van der Waals surface area contributed by atoms with Crippen LogP contribution in [0.5, 0.6) is 0 Å². The first-order valence-corrected chi connectivity index (χ1v) is 10.9. The summed E-state index contributed by atoms with van der Waals surface area (Å²) in [6.45, 7) is 4.25. The molecule has 2 N–H and O–H groups in total. The first-order chi connectivity index (χ1) is 15.6. The minimum Gasteiger partial charge on any atom is -0.365 e. The van der Waals surface area contributed by atoms with Gasteiger partial charge in [-0.05, 0) is 59.2 Å². The molecule has 6 nitrogen and oxygen atoms in total. The van der Waals surface area contributed by atoms with E-state index in [0.717, 1.165) is 45.9 Å². The fraction of sp³-hybridized carbons (Fsp3) is 0.192. The number of carbonyl (C=O) groups excluding carboxylic acids is 1. The summed E-state index contributed by atoms with van der Waals surface area (Å²) in [5, 5.41) is 7.40. The van der Waals surface area contributed by atoms with Crippen LogP contribution in [0.3, 0.4) is 0 Å². The number of nitrogens with one attached hydrogen (secondary N) is 2. The van der Waals surface area contributed by atoms with Gasteiger partial charge in [-0.1, -0.05) is 36.9 Å². The van der Waals surface area contributed by atoms with Gasteiger partial charge in [0.05, 0.1) is 11.1 Å². The highest BCUT2D eigenvalue weighted by atomic mass is 16.1. The molecule has 1 fully saturated rings. The number of aromatic nitrogens is 3. The maximum Gasteiger partial charge on any atom is 0.247 e. The van der Waals surface area contributed by atoms with E-state index in [9.17, 15) is 4.79 Å². The van der Waals surface area contributed by atoms with E-state index in [4.69, 9.17) is 0 Å². The Kier molecular flexibility index (Phi) is 4.15. The van der Waals surface area contributed by atoms with Crippen LogP contribution in [0.4, 0.5) is 11.5 Å².